The number of carbonyl (C=O) groups is 1. The van der Waals surface area contributed by atoms with Crippen LogP contribution in [0.25, 0.3) is 10.9 Å². The average Bonchev–Trinajstić information content (AvgIpc) is 3.06. The Morgan fingerprint density at radius 2 is 1.88 bits per heavy atom. The molecule has 1 fully saturated rings. The summed E-state index contributed by atoms with van der Waals surface area (Å²) in [5.74, 6) is 0.229. The standard InChI is InChI=1S/C20H22N4O/c25-20(13-17-14-22-19-4-2-1-3-18(17)19)24-11-9-23(10-12-24)15-16-5-7-21-8-6-16/h1-8,14,22H,9-13,15H2/p+1. The van der Waals surface area contributed by atoms with Gasteiger partial charge in [-0.3, -0.25) is 9.78 Å². The number of aromatic amines is 1. The van der Waals surface area contributed by atoms with E-state index in [4.69, 9.17) is 0 Å². The fourth-order valence-electron chi connectivity index (χ4n) is 3.59. The van der Waals surface area contributed by atoms with Crippen LogP contribution in [0.1, 0.15) is 11.1 Å². The minimum Gasteiger partial charge on any atom is -0.361 e. The zero-order valence-corrected chi connectivity index (χ0v) is 14.2. The Labute approximate surface area is 147 Å². The quantitative estimate of drug-likeness (QED) is 0.748. The van der Waals surface area contributed by atoms with Crippen LogP contribution in [-0.4, -0.2) is 47.0 Å². The fourth-order valence-corrected chi connectivity index (χ4v) is 3.59. The molecule has 5 nitrogen and oxygen atoms in total. The van der Waals surface area contributed by atoms with Gasteiger partial charge in [0, 0.05) is 35.1 Å². The molecule has 0 aliphatic carbocycles. The number of hydrogen-bond donors (Lipinski definition) is 2. The van der Waals surface area contributed by atoms with Crippen LogP contribution < -0.4 is 4.90 Å². The lowest BCUT2D eigenvalue weighted by Gasteiger charge is -2.32. The summed E-state index contributed by atoms with van der Waals surface area (Å²) < 4.78 is 0. The van der Waals surface area contributed by atoms with Crippen LogP contribution in [0.3, 0.4) is 0 Å². The summed E-state index contributed by atoms with van der Waals surface area (Å²) in [6, 6.07) is 12.3. The molecule has 0 radical (unpaired) electrons. The molecule has 1 aliphatic heterocycles. The third-order valence-electron chi connectivity index (χ3n) is 5.04. The topological polar surface area (TPSA) is 53.4 Å². The van der Waals surface area contributed by atoms with Gasteiger partial charge in [0.1, 0.15) is 6.54 Å². The number of aromatic nitrogens is 2. The van der Waals surface area contributed by atoms with Crippen molar-refractivity contribution in [1.82, 2.24) is 14.9 Å². The zero-order chi connectivity index (χ0) is 17.1. The minimum absolute atomic E-state index is 0.229. The molecular formula is C20H23N4O+. The number of piperazine rings is 1. The van der Waals surface area contributed by atoms with Crippen LogP contribution in [-0.2, 0) is 17.8 Å². The van der Waals surface area contributed by atoms with E-state index in [0.717, 1.165) is 49.2 Å². The van der Waals surface area contributed by atoms with Crippen LogP contribution >= 0.6 is 0 Å². The van der Waals surface area contributed by atoms with Crippen molar-refractivity contribution in [2.24, 2.45) is 0 Å². The van der Waals surface area contributed by atoms with E-state index in [1.54, 1.807) is 0 Å². The summed E-state index contributed by atoms with van der Waals surface area (Å²) in [4.78, 5) is 23.5. The van der Waals surface area contributed by atoms with E-state index >= 15 is 0 Å². The second kappa shape index (κ2) is 7.07. The van der Waals surface area contributed by atoms with Crippen molar-refractivity contribution in [3.63, 3.8) is 0 Å². The number of fused-ring (bicyclic) bond motifs is 1. The first kappa shape index (κ1) is 15.8. The van der Waals surface area contributed by atoms with Gasteiger partial charge in [-0.05, 0) is 23.8 Å². The summed E-state index contributed by atoms with van der Waals surface area (Å²) in [5.41, 5.74) is 3.49. The smallest absolute Gasteiger partial charge is 0.227 e. The second-order valence-electron chi connectivity index (χ2n) is 6.70. The van der Waals surface area contributed by atoms with Gasteiger partial charge in [-0.25, -0.2) is 0 Å². The van der Waals surface area contributed by atoms with Crippen molar-refractivity contribution in [2.75, 3.05) is 26.2 Å². The van der Waals surface area contributed by atoms with E-state index in [2.05, 4.69) is 28.2 Å². The summed E-state index contributed by atoms with van der Waals surface area (Å²) >= 11 is 0. The maximum absolute atomic E-state index is 12.7. The van der Waals surface area contributed by atoms with Crippen LogP contribution in [0.2, 0.25) is 0 Å². The summed E-state index contributed by atoms with van der Waals surface area (Å²) in [7, 11) is 0. The largest absolute Gasteiger partial charge is 0.361 e. The highest BCUT2D eigenvalue weighted by Crippen LogP contribution is 2.18. The van der Waals surface area contributed by atoms with E-state index in [-0.39, 0.29) is 5.91 Å². The SMILES string of the molecule is O=C(Cc1c[nH]c2ccccc12)N1CC[NH+](Cc2ccncc2)CC1. The van der Waals surface area contributed by atoms with Crippen LogP contribution in [0.4, 0.5) is 0 Å². The van der Waals surface area contributed by atoms with Crippen molar-refractivity contribution in [2.45, 2.75) is 13.0 Å². The molecule has 0 spiro atoms. The van der Waals surface area contributed by atoms with E-state index < -0.39 is 0 Å². The normalized spacial score (nSPS) is 15.6. The summed E-state index contributed by atoms with van der Waals surface area (Å²) in [6.07, 6.45) is 6.13. The highest BCUT2D eigenvalue weighted by Gasteiger charge is 2.24. The molecule has 1 amide bonds. The van der Waals surface area contributed by atoms with Gasteiger partial charge in [-0.15, -0.1) is 0 Å². The Bertz CT molecular complexity index is 850. The molecule has 4 rings (SSSR count). The lowest BCUT2D eigenvalue weighted by Crippen LogP contribution is -3.13. The molecule has 5 heteroatoms. The number of amides is 1. The van der Waals surface area contributed by atoms with Gasteiger partial charge in [-0.1, -0.05) is 18.2 Å². The van der Waals surface area contributed by atoms with Crippen LogP contribution in [0.5, 0.6) is 0 Å². The Morgan fingerprint density at radius 3 is 2.68 bits per heavy atom. The van der Waals surface area contributed by atoms with Gasteiger partial charge < -0.3 is 14.8 Å². The molecule has 1 aromatic carbocycles. The van der Waals surface area contributed by atoms with Gasteiger partial charge in [0.05, 0.1) is 32.6 Å². The molecule has 0 atom stereocenters. The predicted molar refractivity (Wildman–Crippen MR) is 97.2 cm³/mol. The molecule has 1 aliphatic rings. The third kappa shape index (κ3) is 3.56. The Hall–Kier alpha value is -2.66. The number of nitrogens with one attached hydrogen (secondary N) is 2. The molecule has 1 saturated heterocycles. The predicted octanol–water partition coefficient (Wildman–Crippen LogP) is 1.03. The molecule has 0 saturated carbocycles. The number of carbonyl (C=O) groups excluding carboxylic acids is 1. The number of hydrogen-bond acceptors (Lipinski definition) is 2. The number of pyridine rings is 1. The molecule has 0 unspecified atom stereocenters. The Kier molecular flexibility index (Phi) is 4.48. The fraction of sp³-hybridized carbons (Fsp3) is 0.300. The number of nitrogens with zero attached hydrogens (tertiary/aromatic N) is 2. The van der Waals surface area contributed by atoms with Gasteiger partial charge >= 0.3 is 0 Å². The number of H-pyrrole nitrogens is 1. The molecule has 3 heterocycles. The first-order chi connectivity index (χ1) is 12.3. The lowest BCUT2D eigenvalue weighted by molar-refractivity contribution is -0.917. The second-order valence-corrected chi connectivity index (χ2v) is 6.70. The van der Waals surface area contributed by atoms with Gasteiger partial charge in [0.15, 0.2) is 0 Å². The van der Waals surface area contributed by atoms with Gasteiger partial charge in [-0.2, -0.15) is 0 Å². The zero-order valence-electron chi connectivity index (χ0n) is 14.2. The van der Waals surface area contributed by atoms with E-state index in [0.29, 0.717) is 6.42 Å². The maximum Gasteiger partial charge on any atom is 0.227 e. The maximum atomic E-state index is 12.7. The molecule has 2 aromatic heterocycles. The van der Waals surface area contributed by atoms with Crippen molar-refractivity contribution >= 4 is 16.8 Å². The van der Waals surface area contributed by atoms with E-state index in [1.165, 1.54) is 10.5 Å². The first-order valence-corrected chi connectivity index (χ1v) is 8.85. The molecule has 2 N–H and O–H groups in total. The van der Waals surface area contributed by atoms with Gasteiger partial charge in [0.2, 0.25) is 5.91 Å². The van der Waals surface area contributed by atoms with Crippen molar-refractivity contribution in [1.29, 1.82) is 0 Å². The highest BCUT2D eigenvalue weighted by molar-refractivity contribution is 5.88. The lowest BCUT2D eigenvalue weighted by atomic mass is 10.1. The highest BCUT2D eigenvalue weighted by atomic mass is 16.2. The van der Waals surface area contributed by atoms with Crippen LogP contribution in [0.15, 0.2) is 55.0 Å². The first-order valence-electron chi connectivity index (χ1n) is 8.85. The molecular weight excluding hydrogens is 312 g/mol. The number of quaternary nitrogens is 1. The average molecular weight is 335 g/mol. The van der Waals surface area contributed by atoms with E-state index in [9.17, 15) is 4.79 Å². The van der Waals surface area contributed by atoms with E-state index in [1.807, 2.05) is 41.7 Å². The number of rotatable bonds is 4. The van der Waals surface area contributed by atoms with Crippen molar-refractivity contribution < 1.29 is 9.69 Å². The van der Waals surface area contributed by atoms with Crippen molar-refractivity contribution in [3.8, 4) is 0 Å². The van der Waals surface area contributed by atoms with Gasteiger partial charge in [0.25, 0.3) is 0 Å². The number of para-hydroxylation sites is 1. The summed E-state index contributed by atoms with van der Waals surface area (Å²) in [6.45, 7) is 4.68. The molecule has 128 valence electrons. The molecule has 0 bridgehead atoms. The van der Waals surface area contributed by atoms with Crippen molar-refractivity contribution in [3.05, 3.63) is 66.1 Å². The monoisotopic (exact) mass is 335 g/mol. The van der Waals surface area contributed by atoms with Crippen LogP contribution in [0, 0.1) is 0 Å². The Morgan fingerprint density at radius 1 is 1.12 bits per heavy atom. The third-order valence-corrected chi connectivity index (χ3v) is 5.04. The molecule has 3 aromatic rings. The number of benzene rings is 1. The Balaban J connectivity index is 1.33. The minimum atomic E-state index is 0.229. The molecule has 25 heavy (non-hydrogen) atoms. The summed E-state index contributed by atoms with van der Waals surface area (Å²) in [5, 5.41) is 1.15.